The van der Waals surface area contributed by atoms with Gasteiger partial charge in [0.1, 0.15) is 6.04 Å². The van der Waals surface area contributed by atoms with Gasteiger partial charge in [0, 0.05) is 6.54 Å². The number of carbonyl (C=O) groups is 1. The second kappa shape index (κ2) is 3.95. The molecule has 1 N–H and O–H groups in total. The first-order chi connectivity index (χ1) is 5.34. The Morgan fingerprint density at radius 3 is 3.36 bits per heavy atom. The van der Waals surface area contributed by atoms with Crippen LogP contribution in [-0.4, -0.2) is 32.0 Å². The van der Waals surface area contributed by atoms with Gasteiger partial charge in [-0.05, 0) is 12.8 Å². The van der Waals surface area contributed by atoms with Crippen LogP contribution in [0, 0.1) is 0 Å². The number of esters is 1. The highest BCUT2D eigenvalue weighted by molar-refractivity contribution is 5.78. The van der Waals surface area contributed by atoms with Crippen LogP contribution in [0.2, 0.25) is 0 Å². The minimum atomic E-state index is -0.210. The Morgan fingerprint density at radius 2 is 2.64 bits per heavy atom. The van der Waals surface area contributed by atoms with Gasteiger partial charge >= 0.3 is 5.97 Å². The van der Waals surface area contributed by atoms with E-state index < -0.39 is 0 Å². The van der Waals surface area contributed by atoms with Crippen LogP contribution in [0.5, 0.6) is 0 Å². The maximum atomic E-state index is 11.0. The van der Waals surface area contributed by atoms with Crippen LogP contribution in [0.15, 0.2) is 4.99 Å². The van der Waals surface area contributed by atoms with Crippen LogP contribution >= 0.6 is 0 Å². The number of nitrogens with one attached hydrogen (secondary N) is 1. The van der Waals surface area contributed by atoms with Gasteiger partial charge in [0.15, 0.2) is 0 Å². The van der Waals surface area contributed by atoms with Gasteiger partial charge in [-0.25, -0.2) is 4.79 Å². The second-order valence-electron chi connectivity index (χ2n) is 2.42. The molecule has 4 nitrogen and oxygen atoms in total. The first kappa shape index (κ1) is 8.04. The van der Waals surface area contributed by atoms with Crippen molar-refractivity contribution in [2.75, 3.05) is 13.7 Å². The Morgan fingerprint density at radius 1 is 1.82 bits per heavy atom. The van der Waals surface area contributed by atoms with Crippen LogP contribution in [0.4, 0.5) is 0 Å². The normalized spacial score (nSPS) is 23.5. The van der Waals surface area contributed by atoms with Crippen molar-refractivity contribution in [1.82, 2.24) is 5.32 Å². The van der Waals surface area contributed by atoms with Gasteiger partial charge in [-0.1, -0.05) is 0 Å². The lowest BCUT2D eigenvalue weighted by Crippen LogP contribution is -2.35. The molecule has 0 spiro atoms. The lowest BCUT2D eigenvalue weighted by molar-refractivity contribution is -0.142. The molecule has 0 radical (unpaired) electrons. The molecule has 62 valence electrons. The highest BCUT2D eigenvalue weighted by Gasteiger charge is 2.17. The van der Waals surface area contributed by atoms with Gasteiger partial charge in [-0.2, -0.15) is 0 Å². The van der Waals surface area contributed by atoms with E-state index in [1.165, 1.54) is 7.11 Å². The quantitative estimate of drug-likeness (QED) is 0.541. The van der Waals surface area contributed by atoms with E-state index in [0.29, 0.717) is 0 Å². The largest absolute Gasteiger partial charge is 0.467 e. The zero-order valence-corrected chi connectivity index (χ0v) is 6.54. The fourth-order valence-corrected chi connectivity index (χ4v) is 1.01. The van der Waals surface area contributed by atoms with Crippen LogP contribution in [0.25, 0.3) is 0 Å². The zero-order valence-electron chi connectivity index (χ0n) is 6.54. The minimum Gasteiger partial charge on any atom is -0.467 e. The van der Waals surface area contributed by atoms with Gasteiger partial charge in [-0.15, -0.1) is 0 Å². The molecule has 0 amide bonds. The van der Waals surface area contributed by atoms with Gasteiger partial charge in [-0.3, -0.25) is 4.99 Å². The van der Waals surface area contributed by atoms with Crippen LogP contribution in [-0.2, 0) is 9.53 Å². The molecule has 0 saturated carbocycles. The number of hydrogen-bond donors (Lipinski definition) is 1. The fourth-order valence-electron chi connectivity index (χ4n) is 1.01. The third-order valence-corrected chi connectivity index (χ3v) is 1.63. The summed E-state index contributed by atoms with van der Waals surface area (Å²) >= 11 is 0. The predicted molar refractivity (Wildman–Crippen MR) is 41.5 cm³/mol. The number of aliphatic imine (C=N–C) groups is 1. The summed E-state index contributed by atoms with van der Waals surface area (Å²) in [7, 11) is 1.39. The van der Waals surface area contributed by atoms with Crippen molar-refractivity contribution in [3.63, 3.8) is 0 Å². The molecule has 1 atom stereocenters. The Kier molecular flexibility index (Phi) is 2.89. The van der Waals surface area contributed by atoms with Gasteiger partial charge in [0.25, 0.3) is 0 Å². The van der Waals surface area contributed by atoms with Crippen LogP contribution in [0.3, 0.4) is 0 Å². The molecule has 0 bridgehead atoms. The number of methoxy groups -OCH3 is 1. The molecule has 1 unspecified atom stereocenters. The van der Waals surface area contributed by atoms with Crippen molar-refractivity contribution in [2.45, 2.75) is 18.9 Å². The van der Waals surface area contributed by atoms with Gasteiger partial charge in [0.2, 0.25) is 0 Å². The number of rotatable bonds is 1. The predicted octanol–water partition coefficient (Wildman–Crippen LogP) is -0.0603. The Bertz CT molecular complexity index is 168. The molecule has 0 aromatic heterocycles. The van der Waals surface area contributed by atoms with E-state index >= 15 is 0 Å². The van der Waals surface area contributed by atoms with E-state index in [2.05, 4.69) is 15.0 Å². The van der Waals surface area contributed by atoms with Crippen molar-refractivity contribution >= 4 is 12.3 Å². The molecular formula is C7H12N2O2. The molecule has 11 heavy (non-hydrogen) atoms. The fraction of sp³-hybridized carbons (Fsp3) is 0.714. The van der Waals surface area contributed by atoms with E-state index in [0.717, 1.165) is 19.4 Å². The summed E-state index contributed by atoms with van der Waals surface area (Å²) in [5.41, 5.74) is 0. The summed E-state index contributed by atoms with van der Waals surface area (Å²) in [5.74, 6) is -0.210. The van der Waals surface area contributed by atoms with E-state index in [4.69, 9.17) is 0 Å². The first-order valence-electron chi connectivity index (χ1n) is 3.67. The van der Waals surface area contributed by atoms with Crippen molar-refractivity contribution in [1.29, 1.82) is 0 Å². The third-order valence-electron chi connectivity index (χ3n) is 1.63. The number of carbonyl (C=O) groups excluding carboxylic acids is 1. The number of ether oxygens (including phenoxy) is 1. The van der Waals surface area contributed by atoms with E-state index in [1.807, 2.05) is 0 Å². The SMILES string of the molecule is COC(=O)C1CCCN=CN1. The molecule has 0 aromatic carbocycles. The third kappa shape index (κ3) is 2.22. The summed E-state index contributed by atoms with van der Waals surface area (Å²) < 4.78 is 4.58. The van der Waals surface area contributed by atoms with Crippen molar-refractivity contribution in [2.24, 2.45) is 4.99 Å². The molecule has 0 fully saturated rings. The van der Waals surface area contributed by atoms with Gasteiger partial charge < -0.3 is 10.1 Å². The molecule has 0 aromatic rings. The summed E-state index contributed by atoms with van der Waals surface area (Å²) in [6.07, 6.45) is 3.31. The summed E-state index contributed by atoms with van der Waals surface area (Å²) in [6.45, 7) is 0.792. The Labute approximate surface area is 65.6 Å². The Hall–Kier alpha value is -1.06. The van der Waals surface area contributed by atoms with Crippen molar-refractivity contribution in [3.05, 3.63) is 0 Å². The second-order valence-corrected chi connectivity index (χ2v) is 2.42. The average Bonchev–Trinajstić information content (AvgIpc) is 2.30. The molecule has 0 aliphatic carbocycles. The van der Waals surface area contributed by atoms with E-state index in [-0.39, 0.29) is 12.0 Å². The molecule has 1 aliphatic rings. The molecule has 1 aliphatic heterocycles. The lowest BCUT2D eigenvalue weighted by Gasteiger charge is -2.10. The number of nitrogens with zero attached hydrogens (tertiary/aromatic N) is 1. The standard InChI is InChI=1S/C7H12N2O2/c1-11-7(10)6-3-2-4-8-5-9-6/h5-6H,2-4H2,1H3,(H,8,9). The molecular weight excluding hydrogens is 144 g/mol. The minimum absolute atomic E-state index is 0.203. The molecule has 1 rings (SSSR count). The molecule has 0 saturated heterocycles. The summed E-state index contributed by atoms with van der Waals surface area (Å²) in [6, 6.07) is -0.203. The van der Waals surface area contributed by atoms with Crippen LogP contribution in [0.1, 0.15) is 12.8 Å². The maximum absolute atomic E-state index is 11.0. The maximum Gasteiger partial charge on any atom is 0.328 e. The smallest absolute Gasteiger partial charge is 0.328 e. The molecule has 4 heteroatoms. The highest BCUT2D eigenvalue weighted by atomic mass is 16.5. The summed E-state index contributed by atoms with van der Waals surface area (Å²) in [4.78, 5) is 15.0. The van der Waals surface area contributed by atoms with Gasteiger partial charge in [0.05, 0.1) is 13.4 Å². The Balaban J connectivity index is 2.44. The average molecular weight is 156 g/mol. The zero-order chi connectivity index (χ0) is 8.10. The topological polar surface area (TPSA) is 50.7 Å². The van der Waals surface area contributed by atoms with Crippen molar-refractivity contribution in [3.8, 4) is 0 Å². The van der Waals surface area contributed by atoms with Crippen molar-refractivity contribution < 1.29 is 9.53 Å². The highest BCUT2D eigenvalue weighted by Crippen LogP contribution is 2.01. The summed E-state index contributed by atoms with van der Waals surface area (Å²) in [5, 5.41) is 2.87. The van der Waals surface area contributed by atoms with E-state index in [1.54, 1.807) is 6.34 Å². The number of hydrogen-bond acceptors (Lipinski definition) is 4. The molecule has 1 heterocycles. The lowest BCUT2D eigenvalue weighted by atomic mass is 10.2. The first-order valence-corrected chi connectivity index (χ1v) is 3.67. The monoisotopic (exact) mass is 156 g/mol. The van der Waals surface area contributed by atoms with E-state index in [9.17, 15) is 4.79 Å². The van der Waals surface area contributed by atoms with Crippen LogP contribution < -0.4 is 5.32 Å².